The van der Waals surface area contributed by atoms with Crippen LogP contribution >= 0.6 is 11.3 Å². The van der Waals surface area contributed by atoms with Crippen LogP contribution in [0.2, 0.25) is 0 Å². The zero-order chi connectivity index (χ0) is 25.2. The van der Waals surface area contributed by atoms with E-state index in [4.69, 9.17) is 0 Å². The van der Waals surface area contributed by atoms with Crippen molar-refractivity contribution >= 4 is 48.0 Å². The minimum absolute atomic E-state index is 0.0232. The number of nitrogens with zero attached hydrogens (tertiary/aromatic N) is 3. The van der Waals surface area contributed by atoms with E-state index in [0.29, 0.717) is 29.0 Å². The molecule has 1 amide bonds. The van der Waals surface area contributed by atoms with E-state index in [1.165, 1.54) is 21.9 Å². The van der Waals surface area contributed by atoms with Gasteiger partial charge in [0.15, 0.2) is 0 Å². The van der Waals surface area contributed by atoms with Gasteiger partial charge in [-0.1, -0.05) is 0 Å². The molecule has 0 aliphatic carbocycles. The number of halogens is 4. The summed E-state index contributed by atoms with van der Waals surface area (Å²) in [4.78, 5) is 18.5. The van der Waals surface area contributed by atoms with Gasteiger partial charge in [0, 0.05) is 0 Å². The summed E-state index contributed by atoms with van der Waals surface area (Å²) in [5.74, 6) is 5.21. The third kappa shape index (κ3) is 6.35. The number of hydrogen-bond acceptors (Lipinski definition) is 5. The Balaban J connectivity index is 1.59. The molecule has 4 rings (SSSR count). The fourth-order valence-electron chi connectivity index (χ4n) is 3.84. The van der Waals surface area contributed by atoms with Gasteiger partial charge in [0.1, 0.15) is 0 Å². The first-order valence-electron chi connectivity index (χ1n) is 10.8. The number of anilines is 1. The Bertz CT molecular complexity index is 1280. The minimum atomic E-state index is -4.38. The van der Waals surface area contributed by atoms with Gasteiger partial charge in [0.25, 0.3) is 0 Å². The van der Waals surface area contributed by atoms with Crippen molar-refractivity contribution in [1.29, 1.82) is 0 Å². The average molecular weight is 572 g/mol. The molecule has 1 fully saturated rings. The van der Waals surface area contributed by atoms with E-state index in [9.17, 15) is 22.4 Å². The molecule has 0 radical (unpaired) electrons. The first-order valence-corrected chi connectivity index (χ1v) is 13.3. The standard InChI is InChI=1S/C23H23F4N5OSSe/c1-14-29-12-20(34-14)21(33)28-8-3-5-15-11-19-18(30-17-7-10-31(2)13-16(17)24)6-4-9-32(19)22(15)35-23(25,26)27/h4,6,9,11-12,16-17,30H,7-8,10,13H2,1-2H3,(H,28,33)/t16-,17+/m0/s1. The molecule has 186 valence electrons. The number of carbonyl (C=O) groups is 1. The molecule has 6 nitrogen and oxygen atoms in total. The Hall–Kier alpha value is -2.58. The summed E-state index contributed by atoms with van der Waals surface area (Å²) in [6, 6.07) is 4.54. The van der Waals surface area contributed by atoms with Gasteiger partial charge in [-0.15, -0.1) is 0 Å². The second kappa shape index (κ2) is 10.6. The second-order valence-electron chi connectivity index (χ2n) is 8.13. The Morgan fingerprint density at radius 2 is 2.20 bits per heavy atom. The number of likely N-dealkylation sites (tertiary alicyclic amines) is 1. The molecule has 0 spiro atoms. The zero-order valence-electron chi connectivity index (χ0n) is 18.9. The van der Waals surface area contributed by atoms with E-state index in [-0.39, 0.29) is 22.6 Å². The molecule has 1 aliphatic heterocycles. The topological polar surface area (TPSA) is 61.7 Å². The van der Waals surface area contributed by atoms with E-state index < -0.39 is 32.2 Å². The van der Waals surface area contributed by atoms with Crippen molar-refractivity contribution in [1.82, 2.24) is 19.6 Å². The molecule has 0 saturated carbocycles. The number of fused-ring (bicyclic) bond motifs is 1. The molecule has 1 aliphatic rings. The van der Waals surface area contributed by atoms with Crippen LogP contribution in [0.3, 0.4) is 0 Å². The van der Waals surface area contributed by atoms with Crippen LogP contribution < -0.4 is 15.2 Å². The Morgan fingerprint density at radius 1 is 1.40 bits per heavy atom. The fraction of sp³-hybridized carbons (Fsp3) is 0.391. The molecule has 3 aromatic heterocycles. The number of nitrogens with one attached hydrogen (secondary N) is 2. The van der Waals surface area contributed by atoms with Crippen LogP contribution in [0.1, 0.15) is 26.7 Å². The summed E-state index contributed by atoms with van der Waals surface area (Å²) in [5.41, 5.74) is 1.30. The molecule has 1 saturated heterocycles. The van der Waals surface area contributed by atoms with Crippen molar-refractivity contribution in [3.05, 3.63) is 46.0 Å². The number of piperidine rings is 1. The van der Waals surface area contributed by atoms with E-state index >= 15 is 0 Å². The van der Waals surface area contributed by atoms with E-state index in [0.717, 1.165) is 11.6 Å². The molecule has 35 heavy (non-hydrogen) atoms. The van der Waals surface area contributed by atoms with E-state index in [2.05, 4.69) is 27.5 Å². The molecule has 3 aromatic rings. The van der Waals surface area contributed by atoms with Gasteiger partial charge in [-0.2, -0.15) is 0 Å². The summed E-state index contributed by atoms with van der Waals surface area (Å²) in [6.45, 7) is 2.79. The number of rotatable bonds is 5. The summed E-state index contributed by atoms with van der Waals surface area (Å²) in [5, 5.41) is 2.20. The number of aryl methyl sites for hydroxylation is 1. The third-order valence-electron chi connectivity index (χ3n) is 5.47. The average Bonchev–Trinajstić information content (AvgIpc) is 3.36. The third-order valence-corrected chi connectivity index (χ3v) is 8.14. The maximum atomic E-state index is 14.6. The first kappa shape index (κ1) is 25.5. The summed E-state index contributed by atoms with van der Waals surface area (Å²) >= 11 is -0.601. The number of amides is 1. The van der Waals surface area contributed by atoms with E-state index in [1.807, 2.05) is 11.9 Å². The SMILES string of the molecule is Cc1ncc(C(=O)NCC#Cc2cc3c(N[C@@H]4CCN(C)C[C@@H]4F)cccn3c2[Se]C(F)(F)F)s1. The first-order chi connectivity index (χ1) is 16.6. The van der Waals surface area contributed by atoms with Crippen LogP contribution in [0.5, 0.6) is 0 Å². The molecule has 12 heteroatoms. The molecular weight excluding hydrogens is 549 g/mol. The van der Waals surface area contributed by atoms with Crippen molar-refractivity contribution in [2.45, 2.75) is 30.6 Å². The van der Waals surface area contributed by atoms with Crippen LogP contribution in [-0.2, 0) is 0 Å². The monoisotopic (exact) mass is 573 g/mol. The van der Waals surface area contributed by atoms with Crippen LogP contribution in [0, 0.1) is 18.8 Å². The Morgan fingerprint density at radius 3 is 2.89 bits per heavy atom. The Kier molecular flexibility index (Phi) is 7.71. The van der Waals surface area contributed by atoms with Crippen LogP contribution in [-0.4, -0.2) is 79.1 Å². The van der Waals surface area contributed by atoms with Gasteiger partial charge >= 0.3 is 210 Å². The Labute approximate surface area is 210 Å². The van der Waals surface area contributed by atoms with Gasteiger partial charge in [0.2, 0.25) is 0 Å². The van der Waals surface area contributed by atoms with Crippen molar-refractivity contribution in [3.8, 4) is 11.8 Å². The molecule has 2 N–H and O–H groups in total. The van der Waals surface area contributed by atoms with Crippen molar-refractivity contribution in [2.24, 2.45) is 0 Å². The van der Waals surface area contributed by atoms with E-state index in [1.54, 1.807) is 31.3 Å². The predicted octanol–water partition coefficient (Wildman–Crippen LogP) is 2.79. The van der Waals surface area contributed by atoms with Crippen LogP contribution in [0.25, 0.3) is 5.52 Å². The van der Waals surface area contributed by atoms with Crippen LogP contribution in [0.4, 0.5) is 23.2 Å². The van der Waals surface area contributed by atoms with Crippen molar-refractivity contribution in [2.75, 3.05) is 32.0 Å². The summed E-state index contributed by atoms with van der Waals surface area (Å²) < 4.78 is 56.3. The molecule has 0 unspecified atom stereocenters. The molecule has 4 heterocycles. The fourth-order valence-corrected chi connectivity index (χ4v) is 5.99. The number of alkyl halides is 4. The van der Waals surface area contributed by atoms with Gasteiger partial charge in [-0.25, -0.2) is 0 Å². The zero-order valence-corrected chi connectivity index (χ0v) is 21.5. The number of aromatic nitrogens is 2. The maximum absolute atomic E-state index is 14.6. The van der Waals surface area contributed by atoms with Crippen LogP contribution in [0.15, 0.2) is 30.6 Å². The molecule has 0 aromatic carbocycles. The van der Waals surface area contributed by atoms with Crippen molar-refractivity contribution < 1.29 is 22.4 Å². The van der Waals surface area contributed by atoms with Crippen molar-refractivity contribution in [3.63, 3.8) is 0 Å². The predicted molar refractivity (Wildman–Crippen MR) is 129 cm³/mol. The molecule has 2 atom stereocenters. The van der Waals surface area contributed by atoms with Gasteiger partial charge < -0.3 is 0 Å². The number of pyridine rings is 1. The normalized spacial score (nSPS) is 18.8. The number of hydrogen-bond donors (Lipinski definition) is 2. The molecular formula is C23H23F4N5OSSe. The summed E-state index contributed by atoms with van der Waals surface area (Å²) in [6.07, 6.45) is 2.52. The van der Waals surface area contributed by atoms with Gasteiger partial charge in [0.05, 0.1) is 0 Å². The molecule has 0 bridgehead atoms. The number of carbonyl (C=O) groups excluding carboxylic acids is 1. The quantitative estimate of drug-likeness (QED) is 0.281. The number of thiazole rings is 1. The second-order valence-corrected chi connectivity index (χ2v) is 11.6. The summed E-state index contributed by atoms with van der Waals surface area (Å²) in [7, 11) is 1.85. The van der Waals surface area contributed by atoms with Gasteiger partial charge in [-0.05, 0) is 0 Å². The van der Waals surface area contributed by atoms with Gasteiger partial charge in [-0.3, -0.25) is 0 Å².